The quantitative estimate of drug-likeness (QED) is 0.472. The average molecular weight is 398 g/mol. The second kappa shape index (κ2) is 9.29. The number of nitro groups is 1. The third-order valence-corrected chi connectivity index (χ3v) is 3.86. The summed E-state index contributed by atoms with van der Waals surface area (Å²) in [7, 11) is 0. The first-order valence-electron chi connectivity index (χ1n) is 8.74. The van der Waals surface area contributed by atoms with Crippen LogP contribution in [-0.4, -0.2) is 24.7 Å². The van der Waals surface area contributed by atoms with Gasteiger partial charge in [-0.25, -0.2) is 0 Å². The van der Waals surface area contributed by atoms with E-state index in [1.54, 1.807) is 6.07 Å². The first kappa shape index (κ1) is 21.3. The Bertz CT molecular complexity index is 825. The van der Waals surface area contributed by atoms with Gasteiger partial charge in [-0.05, 0) is 50.1 Å². The van der Waals surface area contributed by atoms with Gasteiger partial charge < -0.3 is 14.8 Å². The zero-order chi connectivity index (χ0) is 20.7. The maximum absolute atomic E-state index is 12.8. The van der Waals surface area contributed by atoms with Crippen molar-refractivity contribution in [2.24, 2.45) is 0 Å². The van der Waals surface area contributed by atoms with Crippen LogP contribution in [-0.2, 0) is 12.6 Å². The normalized spacial score (nSPS) is 11.2. The molecule has 0 aliphatic heterocycles. The highest BCUT2D eigenvalue weighted by Crippen LogP contribution is 2.35. The minimum absolute atomic E-state index is 0.0361. The summed E-state index contributed by atoms with van der Waals surface area (Å²) in [4.78, 5) is 10.3. The summed E-state index contributed by atoms with van der Waals surface area (Å²) in [6, 6.07) is 7.87. The van der Waals surface area contributed by atoms with Gasteiger partial charge in [0.05, 0.1) is 23.7 Å². The van der Waals surface area contributed by atoms with E-state index >= 15 is 0 Å². The topological polar surface area (TPSA) is 73.6 Å². The zero-order valence-corrected chi connectivity index (χ0v) is 15.5. The first-order valence-corrected chi connectivity index (χ1v) is 8.74. The van der Waals surface area contributed by atoms with Gasteiger partial charge in [0.15, 0.2) is 11.5 Å². The highest BCUT2D eigenvalue weighted by molar-refractivity contribution is 5.63. The van der Waals surface area contributed by atoms with Gasteiger partial charge in [-0.1, -0.05) is 6.07 Å². The van der Waals surface area contributed by atoms with Crippen molar-refractivity contribution in [3.8, 4) is 11.5 Å². The number of rotatable bonds is 9. The SMILES string of the molecule is CCOc1ccc(CCNc2ccc(C(F)(F)F)cc2[N+](=O)[O-])cc1OCC. The van der Waals surface area contributed by atoms with Gasteiger partial charge in [0, 0.05) is 12.6 Å². The highest BCUT2D eigenvalue weighted by Gasteiger charge is 2.33. The van der Waals surface area contributed by atoms with Crippen LogP contribution < -0.4 is 14.8 Å². The first-order chi connectivity index (χ1) is 13.3. The van der Waals surface area contributed by atoms with Crippen LogP contribution in [0.25, 0.3) is 0 Å². The number of anilines is 1. The largest absolute Gasteiger partial charge is 0.490 e. The fourth-order valence-electron chi connectivity index (χ4n) is 2.60. The number of nitrogens with one attached hydrogen (secondary N) is 1. The Labute approximate surface area is 160 Å². The van der Waals surface area contributed by atoms with Gasteiger partial charge in [0.1, 0.15) is 5.69 Å². The molecule has 0 unspecified atom stereocenters. The van der Waals surface area contributed by atoms with Gasteiger partial charge in [-0.2, -0.15) is 13.2 Å². The van der Waals surface area contributed by atoms with Gasteiger partial charge in [0.2, 0.25) is 0 Å². The lowest BCUT2D eigenvalue weighted by Crippen LogP contribution is -2.10. The molecule has 2 aromatic rings. The molecule has 28 heavy (non-hydrogen) atoms. The lowest BCUT2D eigenvalue weighted by molar-refractivity contribution is -0.384. The smallest absolute Gasteiger partial charge is 0.416 e. The molecule has 6 nitrogen and oxygen atoms in total. The summed E-state index contributed by atoms with van der Waals surface area (Å²) in [6.45, 7) is 4.99. The molecule has 2 aromatic carbocycles. The second-order valence-corrected chi connectivity index (χ2v) is 5.81. The van der Waals surface area contributed by atoms with Crippen LogP contribution in [0.15, 0.2) is 36.4 Å². The molecule has 0 saturated heterocycles. The Kier molecular flexibility index (Phi) is 7.08. The fraction of sp³-hybridized carbons (Fsp3) is 0.368. The Morgan fingerprint density at radius 2 is 1.71 bits per heavy atom. The van der Waals surface area contributed by atoms with Crippen LogP contribution in [0.4, 0.5) is 24.5 Å². The molecule has 1 N–H and O–H groups in total. The molecular weight excluding hydrogens is 377 g/mol. The van der Waals surface area contributed by atoms with E-state index in [0.717, 1.165) is 17.7 Å². The predicted octanol–water partition coefficient (Wildman–Crippen LogP) is 5.07. The number of ether oxygens (including phenoxy) is 2. The predicted molar refractivity (Wildman–Crippen MR) is 99.1 cm³/mol. The Hall–Kier alpha value is -2.97. The summed E-state index contributed by atoms with van der Waals surface area (Å²) >= 11 is 0. The van der Waals surface area contributed by atoms with Crippen molar-refractivity contribution < 1.29 is 27.6 Å². The third kappa shape index (κ3) is 5.51. The minimum Gasteiger partial charge on any atom is -0.490 e. The summed E-state index contributed by atoms with van der Waals surface area (Å²) in [5.74, 6) is 1.22. The zero-order valence-electron chi connectivity index (χ0n) is 15.5. The van der Waals surface area contributed by atoms with E-state index in [0.29, 0.717) is 43.7 Å². The molecule has 0 radical (unpaired) electrons. The number of benzene rings is 2. The molecule has 0 spiro atoms. The van der Waals surface area contributed by atoms with E-state index in [1.165, 1.54) is 0 Å². The van der Waals surface area contributed by atoms with E-state index in [-0.39, 0.29) is 5.69 Å². The lowest BCUT2D eigenvalue weighted by Gasteiger charge is -2.13. The number of nitro benzene ring substituents is 1. The number of alkyl halides is 3. The molecule has 2 rings (SSSR count). The van der Waals surface area contributed by atoms with E-state index in [1.807, 2.05) is 26.0 Å². The van der Waals surface area contributed by atoms with E-state index in [9.17, 15) is 23.3 Å². The minimum atomic E-state index is -4.64. The van der Waals surface area contributed by atoms with Crippen LogP contribution in [0.5, 0.6) is 11.5 Å². The standard InChI is InChI=1S/C19H21F3N2O4/c1-3-27-17-8-5-13(11-18(17)28-4-2)9-10-23-15-7-6-14(19(20,21)22)12-16(15)24(25)26/h5-8,11-12,23H,3-4,9-10H2,1-2H3. The van der Waals surface area contributed by atoms with Crippen LogP contribution in [0, 0.1) is 10.1 Å². The molecular formula is C19H21F3N2O4. The molecule has 9 heteroatoms. The number of nitrogens with zero attached hydrogens (tertiary/aromatic N) is 1. The summed E-state index contributed by atoms with van der Waals surface area (Å²) in [6.07, 6.45) is -4.15. The molecule has 0 amide bonds. The van der Waals surface area contributed by atoms with Crippen LogP contribution in [0.2, 0.25) is 0 Å². The van der Waals surface area contributed by atoms with Gasteiger partial charge in [-0.3, -0.25) is 10.1 Å². The maximum atomic E-state index is 12.8. The van der Waals surface area contributed by atoms with E-state index < -0.39 is 22.4 Å². The number of hydrogen-bond donors (Lipinski definition) is 1. The number of halogens is 3. The molecule has 0 aliphatic carbocycles. The van der Waals surface area contributed by atoms with E-state index in [2.05, 4.69) is 5.32 Å². The number of hydrogen-bond acceptors (Lipinski definition) is 5. The molecule has 0 bridgehead atoms. The van der Waals surface area contributed by atoms with Crippen molar-refractivity contribution in [3.63, 3.8) is 0 Å². The third-order valence-electron chi connectivity index (χ3n) is 3.86. The van der Waals surface area contributed by atoms with Gasteiger partial charge >= 0.3 is 6.18 Å². The molecule has 0 fully saturated rings. The molecule has 0 aliphatic rings. The lowest BCUT2D eigenvalue weighted by atomic mass is 10.1. The van der Waals surface area contributed by atoms with E-state index in [4.69, 9.17) is 9.47 Å². The molecule has 0 saturated carbocycles. The summed E-state index contributed by atoms with van der Waals surface area (Å²) in [5, 5.41) is 13.9. The Morgan fingerprint density at radius 3 is 2.32 bits per heavy atom. The highest BCUT2D eigenvalue weighted by atomic mass is 19.4. The van der Waals surface area contributed by atoms with Crippen molar-refractivity contribution >= 4 is 11.4 Å². The van der Waals surface area contributed by atoms with Gasteiger partial charge in [0.25, 0.3) is 5.69 Å². The summed E-state index contributed by atoms with van der Waals surface area (Å²) < 4.78 is 49.3. The Morgan fingerprint density at radius 1 is 1.04 bits per heavy atom. The second-order valence-electron chi connectivity index (χ2n) is 5.81. The van der Waals surface area contributed by atoms with Crippen molar-refractivity contribution in [3.05, 3.63) is 57.6 Å². The van der Waals surface area contributed by atoms with Crippen LogP contribution in [0.3, 0.4) is 0 Å². The van der Waals surface area contributed by atoms with Gasteiger partial charge in [-0.15, -0.1) is 0 Å². The molecule has 0 aromatic heterocycles. The van der Waals surface area contributed by atoms with Crippen molar-refractivity contribution in [1.29, 1.82) is 0 Å². The monoisotopic (exact) mass is 398 g/mol. The van der Waals surface area contributed by atoms with Crippen molar-refractivity contribution in [1.82, 2.24) is 0 Å². The average Bonchev–Trinajstić information content (AvgIpc) is 2.63. The molecule has 0 atom stereocenters. The van der Waals surface area contributed by atoms with Crippen molar-refractivity contribution in [2.45, 2.75) is 26.4 Å². The van der Waals surface area contributed by atoms with Crippen LogP contribution >= 0.6 is 0 Å². The van der Waals surface area contributed by atoms with Crippen LogP contribution in [0.1, 0.15) is 25.0 Å². The molecule has 0 heterocycles. The molecule has 152 valence electrons. The Balaban J connectivity index is 2.10. The fourth-order valence-corrected chi connectivity index (χ4v) is 2.60. The van der Waals surface area contributed by atoms with Crippen molar-refractivity contribution in [2.75, 3.05) is 25.1 Å². The maximum Gasteiger partial charge on any atom is 0.416 e. The summed E-state index contributed by atoms with van der Waals surface area (Å²) in [5.41, 5.74) is -0.739.